The molecule has 2 N–H and O–H groups in total. The van der Waals surface area contributed by atoms with E-state index in [-0.39, 0.29) is 11.8 Å². The largest absolute Gasteiger partial charge is 0.353 e. The molecule has 7 nitrogen and oxygen atoms in total. The van der Waals surface area contributed by atoms with Gasteiger partial charge in [0.1, 0.15) is 11.7 Å². The van der Waals surface area contributed by atoms with Crippen molar-refractivity contribution in [1.29, 1.82) is 0 Å². The molecule has 0 aliphatic heterocycles. The van der Waals surface area contributed by atoms with Crippen LogP contribution < -0.4 is 10.6 Å². The summed E-state index contributed by atoms with van der Waals surface area (Å²) in [6.45, 7) is 1.22. The van der Waals surface area contributed by atoms with Crippen LogP contribution >= 0.6 is 0 Å². The fourth-order valence-corrected chi connectivity index (χ4v) is 4.37. The fourth-order valence-electron chi connectivity index (χ4n) is 4.37. The van der Waals surface area contributed by atoms with Crippen LogP contribution in [0.5, 0.6) is 0 Å². The predicted octanol–water partition coefficient (Wildman–Crippen LogP) is 3.66. The van der Waals surface area contributed by atoms with Crippen molar-refractivity contribution in [3.8, 4) is 11.3 Å². The van der Waals surface area contributed by atoms with Gasteiger partial charge in [0.15, 0.2) is 0 Å². The van der Waals surface area contributed by atoms with E-state index in [0.717, 1.165) is 40.0 Å². The van der Waals surface area contributed by atoms with Gasteiger partial charge in [-0.3, -0.25) is 9.59 Å². The summed E-state index contributed by atoms with van der Waals surface area (Å²) >= 11 is 0. The number of hydrogen-bond acceptors (Lipinski definition) is 4. The van der Waals surface area contributed by atoms with Crippen LogP contribution in [-0.4, -0.2) is 59.5 Å². The van der Waals surface area contributed by atoms with E-state index in [0.29, 0.717) is 13.0 Å². The van der Waals surface area contributed by atoms with Gasteiger partial charge < -0.3 is 20.1 Å². The number of aromatic nitrogens is 2. The highest BCUT2D eigenvalue weighted by atomic mass is 16.2. The van der Waals surface area contributed by atoms with Crippen molar-refractivity contribution < 1.29 is 9.59 Å². The normalized spacial score (nSPS) is 12.2. The number of nitrogens with one attached hydrogen (secondary N) is 2. The third-order valence-electron chi connectivity index (χ3n) is 6.21. The van der Waals surface area contributed by atoms with Crippen molar-refractivity contribution in [2.45, 2.75) is 12.5 Å². The van der Waals surface area contributed by atoms with Crippen LogP contribution in [0.2, 0.25) is 0 Å². The van der Waals surface area contributed by atoms with Crippen molar-refractivity contribution in [1.82, 2.24) is 25.1 Å². The molecule has 0 unspecified atom stereocenters. The first-order chi connectivity index (χ1) is 17.9. The molecule has 0 saturated heterocycles. The van der Waals surface area contributed by atoms with Crippen LogP contribution in [0.4, 0.5) is 0 Å². The first-order valence-corrected chi connectivity index (χ1v) is 12.4. The standard InChI is InChI=1S/C30H33N5O2/c1-34(2)20-19-32-30(37)26(21-22-11-6-4-7-12-22)33-27(36)17-16-24-25-15-10-18-31-29(25)35(3)28(24)23-13-8-5-9-14-23/h4-18,26H,19-21H2,1-3H3,(H,32,37)(H,33,36)/b17-16+/t26-/m1/s1. The lowest BCUT2D eigenvalue weighted by Gasteiger charge is -2.19. The Morgan fingerprint density at radius 2 is 1.70 bits per heavy atom. The maximum atomic E-state index is 13.1. The maximum Gasteiger partial charge on any atom is 0.244 e. The van der Waals surface area contributed by atoms with Gasteiger partial charge >= 0.3 is 0 Å². The van der Waals surface area contributed by atoms with Gasteiger partial charge in [-0.1, -0.05) is 60.7 Å². The van der Waals surface area contributed by atoms with Gasteiger partial charge in [-0.15, -0.1) is 0 Å². The zero-order valence-electron chi connectivity index (χ0n) is 21.5. The van der Waals surface area contributed by atoms with E-state index in [1.807, 2.05) is 109 Å². The SMILES string of the molecule is CN(C)CCNC(=O)[C@@H](Cc1ccccc1)NC(=O)/C=C/c1c(-c2ccccc2)n(C)c2ncccc12. The van der Waals surface area contributed by atoms with Crippen LogP contribution in [0.25, 0.3) is 28.4 Å². The van der Waals surface area contributed by atoms with Gasteiger partial charge in [-0.2, -0.15) is 0 Å². The van der Waals surface area contributed by atoms with E-state index in [1.165, 1.54) is 6.08 Å². The van der Waals surface area contributed by atoms with Crippen LogP contribution in [0.3, 0.4) is 0 Å². The molecule has 0 saturated carbocycles. The minimum Gasteiger partial charge on any atom is -0.353 e. The number of rotatable bonds is 10. The summed E-state index contributed by atoms with van der Waals surface area (Å²) in [6, 6.07) is 22.9. The maximum absolute atomic E-state index is 13.1. The molecule has 0 radical (unpaired) electrons. The molecule has 2 aromatic heterocycles. The molecule has 4 aromatic rings. The average Bonchev–Trinajstić information content (AvgIpc) is 3.19. The molecule has 1 atom stereocenters. The predicted molar refractivity (Wildman–Crippen MR) is 149 cm³/mol. The second kappa shape index (κ2) is 12.1. The molecule has 0 aliphatic carbocycles. The van der Waals surface area contributed by atoms with Gasteiger partial charge in [0, 0.05) is 49.8 Å². The number of fused-ring (bicyclic) bond motifs is 1. The Bertz CT molecular complexity index is 1380. The highest BCUT2D eigenvalue weighted by Crippen LogP contribution is 2.32. The molecule has 190 valence electrons. The Labute approximate surface area is 217 Å². The minimum atomic E-state index is -0.690. The lowest BCUT2D eigenvalue weighted by atomic mass is 10.0. The quantitative estimate of drug-likeness (QED) is 0.329. The molecule has 2 amide bonds. The molecule has 0 aliphatic rings. The highest BCUT2D eigenvalue weighted by molar-refractivity contribution is 6.01. The molecule has 0 spiro atoms. The number of aryl methyl sites for hydroxylation is 1. The van der Waals surface area contributed by atoms with Crippen LogP contribution in [-0.2, 0) is 23.1 Å². The van der Waals surface area contributed by atoms with E-state index in [2.05, 4.69) is 15.6 Å². The van der Waals surface area contributed by atoms with Crippen molar-refractivity contribution in [3.63, 3.8) is 0 Å². The molecular formula is C30H33N5O2. The Balaban J connectivity index is 1.58. The van der Waals surface area contributed by atoms with Gasteiger partial charge in [-0.05, 0) is 43.4 Å². The first-order valence-electron chi connectivity index (χ1n) is 12.4. The van der Waals surface area contributed by atoms with Crippen molar-refractivity contribution in [3.05, 3.63) is 96.2 Å². The number of carbonyl (C=O) groups excluding carboxylic acids is 2. The number of nitrogens with zero attached hydrogens (tertiary/aromatic N) is 3. The second-order valence-corrected chi connectivity index (χ2v) is 9.24. The molecule has 7 heteroatoms. The zero-order valence-corrected chi connectivity index (χ0v) is 21.5. The molecule has 0 fully saturated rings. The number of hydrogen-bond donors (Lipinski definition) is 2. The van der Waals surface area contributed by atoms with Crippen molar-refractivity contribution >= 4 is 28.9 Å². The lowest BCUT2D eigenvalue weighted by Crippen LogP contribution is -2.48. The zero-order chi connectivity index (χ0) is 26.2. The van der Waals surface area contributed by atoms with E-state index in [4.69, 9.17) is 0 Å². The van der Waals surface area contributed by atoms with E-state index in [9.17, 15) is 9.59 Å². The summed E-state index contributed by atoms with van der Waals surface area (Å²) in [5.41, 5.74) is 4.72. The van der Waals surface area contributed by atoms with E-state index >= 15 is 0 Å². The van der Waals surface area contributed by atoms with E-state index < -0.39 is 6.04 Å². The summed E-state index contributed by atoms with van der Waals surface area (Å²) in [5, 5.41) is 6.81. The van der Waals surface area contributed by atoms with Gasteiger partial charge in [0.05, 0.1) is 5.69 Å². The highest BCUT2D eigenvalue weighted by Gasteiger charge is 2.21. The topological polar surface area (TPSA) is 79.3 Å². The molecule has 37 heavy (non-hydrogen) atoms. The van der Waals surface area contributed by atoms with Crippen LogP contribution in [0.1, 0.15) is 11.1 Å². The van der Waals surface area contributed by atoms with E-state index in [1.54, 1.807) is 6.20 Å². The summed E-state index contributed by atoms with van der Waals surface area (Å²) in [4.78, 5) is 32.6. The monoisotopic (exact) mass is 495 g/mol. The van der Waals surface area contributed by atoms with Gasteiger partial charge in [-0.25, -0.2) is 4.98 Å². The van der Waals surface area contributed by atoms with Gasteiger partial charge in [0.25, 0.3) is 0 Å². The number of amides is 2. The van der Waals surface area contributed by atoms with Crippen LogP contribution in [0, 0.1) is 0 Å². The number of pyridine rings is 1. The second-order valence-electron chi connectivity index (χ2n) is 9.24. The molecule has 2 heterocycles. The molecule has 0 bridgehead atoms. The summed E-state index contributed by atoms with van der Waals surface area (Å²) in [7, 11) is 5.88. The number of likely N-dealkylation sites (N-methyl/N-ethyl adjacent to an activating group) is 1. The molecule has 2 aromatic carbocycles. The summed E-state index contributed by atoms with van der Waals surface area (Å²) < 4.78 is 2.04. The van der Waals surface area contributed by atoms with Gasteiger partial charge in [0.2, 0.25) is 11.8 Å². The average molecular weight is 496 g/mol. The minimum absolute atomic E-state index is 0.202. The Morgan fingerprint density at radius 3 is 2.41 bits per heavy atom. The number of carbonyl (C=O) groups is 2. The summed E-state index contributed by atoms with van der Waals surface area (Å²) in [6.07, 6.45) is 5.48. The molecule has 4 rings (SSSR count). The van der Waals surface area contributed by atoms with Crippen molar-refractivity contribution in [2.75, 3.05) is 27.2 Å². The number of benzene rings is 2. The molecular weight excluding hydrogens is 462 g/mol. The van der Waals surface area contributed by atoms with Crippen LogP contribution in [0.15, 0.2) is 85.1 Å². The first kappa shape index (κ1) is 25.9. The smallest absolute Gasteiger partial charge is 0.244 e. The Hall–Kier alpha value is -4.23. The lowest BCUT2D eigenvalue weighted by molar-refractivity contribution is -0.127. The Morgan fingerprint density at radius 1 is 1.00 bits per heavy atom. The summed E-state index contributed by atoms with van der Waals surface area (Å²) in [5.74, 6) is -0.532. The fraction of sp³-hybridized carbons (Fsp3) is 0.233. The third-order valence-corrected chi connectivity index (χ3v) is 6.21. The Kier molecular flexibility index (Phi) is 8.48. The third kappa shape index (κ3) is 6.51. The van der Waals surface area contributed by atoms with Crippen molar-refractivity contribution in [2.24, 2.45) is 7.05 Å².